The maximum Gasteiger partial charge on any atom is 0.411 e. The topological polar surface area (TPSA) is 29.5 Å². The van der Waals surface area contributed by atoms with Crippen molar-refractivity contribution in [3.05, 3.63) is 41.2 Å². The molecule has 0 N–H and O–H groups in total. The van der Waals surface area contributed by atoms with E-state index in [0.717, 1.165) is 24.8 Å². The lowest BCUT2D eigenvalue weighted by Crippen LogP contribution is -2.45. The molecule has 2 aliphatic rings. The highest BCUT2D eigenvalue weighted by molar-refractivity contribution is 5.75. The number of carbonyl (C=O) groups is 1. The van der Waals surface area contributed by atoms with E-state index in [4.69, 9.17) is 4.74 Å². The zero-order valence-electron chi connectivity index (χ0n) is 14.2. The van der Waals surface area contributed by atoms with E-state index >= 15 is 0 Å². The van der Waals surface area contributed by atoms with E-state index in [1.165, 1.54) is 11.6 Å². The van der Waals surface area contributed by atoms with Gasteiger partial charge in [0.05, 0.1) is 6.04 Å². The Labute approximate surface area is 137 Å². The first-order valence-corrected chi connectivity index (χ1v) is 8.23. The standard InChI is InChI=1S/C19H24FNO2/c1-12-9-13(5-8-17(12)20)14-10-15-6-7-16(11-14)21(15)18(22)23-19(2,3)4/h5,8-10,15-16H,6-7,11H2,1-4H3. The number of fused-ring (bicyclic) bond motifs is 2. The summed E-state index contributed by atoms with van der Waals surface area (Å²) >= 11 is 0. The number of halogens is 1. The molecule has 3 nitrogen and oxygen atoms in total. The summed E-state index contributed by atoms with van der Waals surface area (Å²) in [5.74, 6) is -0.177. The summed E-state index contributed by atoms with van der Waals surface area (Å²) in [5.41, 5.74) is 2.45. The zero-order valence-corrected chi connectivity index (χ0v) is 14.2. The van der Waals surface area contributed by atoms with Gasteiger partial charge in [-0.1, -0.05) is 12.1 Å². The minimum atomic E-state index is -0.478. The van der Waals surface area contributed by atoms with Crippen molar-refractivity contribution in [1.82, 2.24) is 4.90 Å². The van der Waals surface area contributed by atoms with E-state index in [1.807, 2.05) is 37.8 Å². The lowest BCUT2D eigenvalue weighted by molar-refractivity contribution is 0.0175. The molecule has 1 amide bonds. The lowest BCUT2D eigenvalue weighted by atomic mass is 9.94. The van der Waals surface area contributed by atoms with Crippen LogP contribution in [-0.2, 0) is 4.74 Å². The Balaban J connectivity index is 1.83. The van der Waals surface area contributed by atoms with Crippen molar-refractivity contribution < 1.29 is 13.9 Å². The highest BCUT2D eigenvalue weighted by atomic mass is 19.1. The quantitative estimate of drug-likeness (QED) is 0.752. The van der Waals surface area contributed by atoms with Gasteiger partial charge in [-0.2, -0.15) is 0 Å². The van der Waals surface area contributed by atoms with Gasteiger partial charge in [-0.05, 0) is 75.8 Å². The second-order valence-electron chi connectivity index (χ2n) is 7.55. The van der Waals surface area contributed by atoms with Gasteiger partial charge >= 0.3 is 6.09 Å². The van der Waals surface area contributed by atoms with Gasteiger partial charge in [0.2, 0.25) is 0 Å². The first-order chi connectivity index (χ1) is 10.7. The molecule has 1 fully saturated rings. The second-order valence-corrected chi connectivity index (χ2v) is 7.55. The predicted octanol–water partition coefficient (Wildman–Crippen LogP) is 4.69. The number of ether oxygens (including phenoxy) is 1. The maximum absolute atomic E-state index is 13.5. The first kappa shape index (κ1) is 16.0. The first-order valence-electron chi connectivity index (χ1n) is 8.23. The third kappa shape index (κ3) is 3.26. The van der Waals surface area contributed by atoms with Crippen molar-refractivity contribution in [2.45, 2.75) is 64.6 Å². The number of amides is 1. The smallest absolute Gasteiger partial charge is 0.411 e. The van der Waals surface area contributed by atoms with Crippen molar-refractivity contribution in [3.63, 3.8) is 0 Å². The molecule has 4 heteroatoms. The van der Waals surface area contributed by atoms with Crippen molar-refractivity contribution in [1.29, 1.82) is 0 Å². The molecule has 0 spiro atoms. The largest absolute Gasteiger partial charge is 0.444 e. The van der Waals surface area contributed by atoms with Crippen LogP contribution in [-0.4, -0.2) is 28.7 Å². The van der Waals surface area contributed by atoms with E-state index < -0.39 is 5.60 Å². The van der Waals surface area contributed by atoms with E-state index in [-0.39, 0.29) is 24.0 Å². The Morgan fingerprint density at radius 2 is 2.04 bits per heavy atom. The summed E-state index contributed by atoms with van der Waals surface area (Å²) in [4.78, 5) is 14.3. The molecule has 0 radical (unpaired) electrons. The average molecular weight is 317 g/mol. The highest BCUT2D eigenvalue weighted by Crippen LogP contribution is 2.39. The molecule has 2 unspecified atom stereocenters. The number of rotatable bonds is 1. The van der Waals surface area contributed by atoms with Crippen molar-refractivity contribution in [3.8, 4) is 0 Å². The zero-order chi connectivity index (χ0) is 16.8. The summed E-state index contributed by atoms with van der Waals surface area (Å²) in [6.45, 7) is 7.45. The van der Waals surface area contributed by atoms with Crippen molar-refractivity contribution >= 4 is 11.7 Å². The monoisotopic (exact) mass is 317 g/mol. The maximum atomic E-state index is 13.5. The molecule has 0 aromatic heterocycles. The molecule has 2 aliphatic heterocycles. The third-order valence-corrected chi connectivity index (χ3v) is 4.53. The molecule has 0 saturated carbocycles. The van der Waals surface area contributed by atoms with Gasteiger partial charge < -0.3 is 4.74 Å². The minimum absolute atomic E-state index is 0.0870. The molecular formula is C19H24FNO2. The second kappa shape index (κ2) is 5.66. The summed E-state index contributed by atoms with van der Waals surface area (Å²) in [5, 5.41) is 0. The average Bonchev–Trinajstić information content (AvgIpc) is 2.71. The molecule has 23 heavy (non-hydrogen) atoms. The van der Waals surface area contributed by atoms with Crippen LogP contribution < -0.4 is 0 Å². The van der Waals surface area contributed by atoms with Gasteiger partial charge in [-0.25, -0.2) is 9.18 Å². The van der Waals surface area contributed by atoms with Crippen LogP contribution in [0.3, 0.4) is 0 Å². The fraction of sp³-hybridized carbons (Fsp3) is 0.526. The van der Waals surface area contributed by atoms with Crippen LogP contribution >= 0.6 is 0 Å². The van der Waals surface area contributed by atoms with Gasteiger partial charge in [0, 0.05) is 6.04 Å². The minimum Gasteiger partial charge on any atom is -0.444 e. The number of hydrogen-bond acceptors (Lipinski definition) is 2. The van der Waals surface area contributed by atoms with Crippen LogP contribution in [0.1, 0.15) is 51.2 Å². The number of nitrogens with zero attached hydrogens (tertiary/aromatic N) is 1. The number of carbonyl (C=O) groups excluding carboxylic acids is 1. The fourth-order valence-corrected chi connectivity index (χ4v) is 3.49. The molecule has 3 rings (SSSR count). The molecule has 2 bridgehead atoms. The summed E-state index contributed by atoms with van der Waals surface area (Å²) in [6.07, 6.45) is 4.69. The van der Waals surface area contributed by atoms with E-state index in [0.29, 0.717) is 5.56 Å². The van der Waals surface area contributed by atoms with Gasteiger partial charge in [-0.3, -0.25) is 4.90 Å². The molecular weight excluding hydrogens is 293 g/mol. The van der Waals surface area contributed by atoms with Crippen LogP contribution in [0.4, 0.5) is 9.18 Å². The predicted molar refractivity (Wildman–Crippen MR) is 88.6 cm³/mol. The summed E-state index contributed by atoms with van der Waals surface area (Å²) in [6, 6.07) is 5.51. The Kier molecular flexibility index (Phi) is 3.95. The summed E-state index contributed by atoms with van der Waals surface area (Å²) < 4.78 is 19.0. The van der Waals surface area contributed by atoms with Crippen LogP contribution in [0.5, 0.6) is 0 Å². The molecule has 1 saturated heterocycles. The molecule has 1 aromatic carbocycles. The third-order valence-electron chi connectivity index (χ3n) is 4.53. The van der Waals surface area contributed by atoms with Crippen LogP contribution in [0.2, 0.25) is 0 Å². The SMILES string of the molecule is Cc1cc(C2=CC3CCC(C2)N3C(=O)OC(C)(C)C)ccc1F. The van der Waals surface area contributed by atoms with Crippen molar-refractivity contribution in [2.24, 2.45) is 0 Å². The van der Waals surface area contributed by atoms with Gasteiger partial charge in [0.15, 0.2) is 0 Å². The Bertz CT molecular complexity index is 660. The fourth-order valence-electron chi connectivity index (χ4n) is 3.49. The van der Waals surface area contributed by atoms with Gasteiger partial charge in [0.1, 0.15) is 11.4 Å². The number of aryl methyl sites for hydroxylation is 1. The van der Waals surface area contributed by atoms with E-state index in [9.17, 15) is 9.18 Å². The normalized spacial score (nSPS) is 23.7. The molecule has 0 aliphatic carbocycles. The van der Waals surface area contributed by atoms with Crippen molar-refractivity contribution in [2.75, 3.05) is 0 Å². The molecule has 124 valence electrons. The van der Waals surface area contributed by atoms with E-state index in [2.05, 4.69) is 6.08 Å². The van der Waals surface area contributed by atoms with Crippen LogP contribution in [0, 0.1) is 12.7 Å². The van der Waals surface area contributed by atoms with Gasteiger partial charge in [0.25, 0.3) is 0 Å². The molecule has 2 atom stereocenters. The Morgan fingerprint density at radius 3 is 2.65 bits per heavy atom. The highest BCUT2D eigenvalue weighted by Gasteiger charge is 2.41. The van der Waals surface area contributed by atoms with E-state index in [1.54, 1.807) is 6.92 Å². The number of benzene rings is 1. The Morgan fingerprint density at radius 1 is 1.30 bits per heavy atom. The molecule has 1 aromatic rings. The number of hydrogen-bond donors (Lipinski definition) is 0. The lowest BCUT2D eigenvalue weighted by Gasteiger charge is -2.35. The van der Waals surface area contributed by atoms with Gasteiger partial charge in [-0.15, -0.1) is 0 Å². The summed E-state index contributed by atoms with van der Waals surface area (Å²) in [7, 11) is 0. The van der Waals surface area contributed by atoms with Crippen LogP contribution in [0.15, 0.2) is 24.3 Å². The van der Waals surface area contributed by atoms with Crippen LogP contribution in [0.25, 0.3) is 5.57 Å². The Hall–Kier alpha value is -1.84. The molecule has 2 heterocycles.